The lowest BCUT2D eigenvalue weighted by atomic mass is 10.2. The largest absolute Gasteiger partial charge is 0.506 e. The lowest BCUT2D eigenvalue weighted by Gasteiger charge is -2.38. The highest BCUT2D eigenvalue weighted by atomic mass is 16.5. The third-order valence-corrected chi connectivity index (χ3v) is 5.14. The second kappa shape index (κ2) is 10.7. The summed E-state index contributed by atoms with van der Waals surface area (Å²) in [6, 6.07) is 17.8. The third kappa shape index (κ3) is 6.12. The molecular formula is C23H32N4O2. The summed E-state index contributed by atoms with van der Waals surface area (Å²) in [5.41, 5.74) is 2.10. The number of ether oxygens (including phenoxy) is 1. The molecule has 0 bridgehead atoms. The van der Waals surface area contributed by atoms with Gasteiger partial charge in [0.1, 0.15) is 5.75 Å². The van der Waals surface area contributed by atoms with E-state index in [9.17, 15) is 5.11 Å². The number of piperazine rings is 1. The SMILES string of the molecule is CN=C(NCC(C)COCc1ccccc1)N1CCN(c2ccccc2O)CC1. The van der Waals surface area contributed by atoms with E-state index in [1.165, 1.54) is 5.56 Å². The maximum absolute atomic E-state index is 10.1. The number of nitrogens with zero attached hydrogens (tertiary/aromatic N) is 3. The molecule has 0 amide bonds. The van der Waals surface area contributed by atoms with Gasteiger partial charge in [-0.1, -0.05) is 49.4 Å². The molecule has 0 spiro atoms. The Kier molecular flexibility index (Phi) is 7.76. The Balaban J connectivity index is 1.39. The van der Waals surface area contributed by atoms with E-state index in [0.717, 1.165) is 44.4 Å². The summed E-state index contributed by atoms with van der Waals surface area (Å²) in [6.45, 7) is 7.80. The first-order valence-electron chi connectivity index (χ1n) is 10.3. The van der Waals surface area contributed by atoms with Crippen molar-refractivity contribution < 1.29 is 9.84 Å². The maximum atomic E-state index is 10.1. The van der Waals surface area contributed by atoms with E-state index in [2.05, 4.69) is 39.2 Å². The van der Waals surface area contributed by atoms with E-state index in [1.54, 1.807) is 6.07 Å². The van der Waals surface area contributed by atoms with Crippen LogP contribution in [0.15, 0.2) is 59.6 Å². The van der Waals surface area contributed by atoms with Gasteiger partial charge in [0.2, 0.25) is 0 Å². The smallest absolute Gasteiger partial charge is 0.193 e. The third-order valence-electron chi connectivity index (χ3n) is 5.14. The van der Waals surface area contributed by atoms with Crippen LogP contribution in [0.2, 0.25) is 0 Å². The molecule has 2 aromatic carbocycles. The van der Waals surface area contributed by atoms with Crippen molar-refractivity contribution in [3.63, 3.8) is 0 Å². The van der Waals surface area contributed by atoms with Crippen LogP contribution in [-0.2, 0) is 11.3 Å². The van der Waals surface area contributed by atoms with E-state index in [-0.39, 0.29) is 0 Å². The van der Waals surface area contributed by atoms with Gasteiger partial charge in [0.05, 0.1) is 18.9 Å². The Morgan fingerprint density at radius 3 is 2.45 bits per heavy atom. The Labute approximate surface area is 173 Å². The summed E-state index contributed by atoms with van der Waals surface area (Å²) in [5.74, 6) is 1.66. The van der Waals surface area contributed by atoms with Crippen molar-refractivity contribution in [1.82, 2.24) is 10.2 Å². The monoisotopic (exact) mass is 396 g/mol. The summed E-state index contributed by atoms with van der Waals surface area (Å²) in [5, 5.41) is 13.6. The molecule has 156 valence electrons. The van der Waals surface area contributed by atoms with E-state index < -0.39 is 0 Å². The van der Waals surface area contributed by atoms with Crippen molar-refractivity contribution in [2.24, 2.45) is 10.9 Å². The molecule has 1 aliphatic heterocycles. The minimum absolute atomic E-state index is 0.341. The van der Waals surface area contributed by atoms with Crippen LogP contribution >= 0.6 is 0 Å². The van der Waals surface area contributed by atoms with Gasteiger partial charge in [-0.2, -0.15) is 0 Å². The minimum atomic E-state index is 0.341. The molecule has 6 nitrogen and oxygen atoms in total. The van der Waals surface area contributed by atoms with Crippen molar-refractivity contribution >= 4 is 11.6 Å². The molecule has 0 aromatic heterocycles. The van der Waals surface area contributed by atoms with Gasteiger partial charge in [-0.05, 0) is 23.6 Å². The van der Waals surface area contributed by atoms with Crippen molar-refractivity contribution in [1.29, 1.82) is 0 Å². The van der Waals surface area contributed by atoms with Gasteiger partial charge in [-0.25, -0.2) is 0 Å². The second-order valence-corrected chi connectivity index (χ2v) is 7.50. The van der Waals surface area contributed by atoms with Gasteiger partial charge in [-0.3, -0.25) is 4.99 Å². The summed E-state index contributed by atoms with van der Waals surface area (Å²) in [6.07, 6.45) is 0. The van der Waals surface area contributed by atoms with Gasteiger partial charge in [0.15, 0.2) is 5.96 Å². The van der Waals surface area contributed by atoms with Crippen LogP contribution in [0.25, 0.3) is 0 Å². The number of hydrogen-bond acceptors (Lipinski definition) is 4. The van der Waals surface area contributed by atoms with Crippen LogP contribution in [0.5, 0.6) is 5.75 Å². The molecule has 0 radical (unpaired) electrons. The van der Waals surface area contributed by atoms with E-state index in [1.807, 2.05) is 43.4 Å². The van der Waals surface area contributed by atoms with Gasteiger partial charge in [-0.15, -0.1) is 0 Å². The molecule has 0 aliphatic carbocycles. The molecule has 0 saturated carbocycles. The Morgan fingerprint density at radius 2 is 1.76 bits per heavy atom. The highest BCUT2D eigenvalue weighted by molar-refractivity contribution is 5.80. The maximum Gasteiger partial charge on any atom is 0.193 e. The van der Waals surface area contributed by atoms with Crippen LogP contribution in [-0.4, -0.2) is 62.3 Å². The fourth-order valence-corrected chi connectivity index (χ4v) is 3.50. The first-order chi connectivity index (χ1) is 14.2. The topological polar surface area (TPSA) is 60.3 Å². The van der Waals surface area contributed by atoms with E-state index in [4.69, 9.17) is 4.74 Å². The number of phenolic OH excluding ortho intramolecular Hbond substituents is 1. The molecule has 1 atom stereocenters. The normalized spacial score (nSPS) is 16.0. The van der Waals surface area contributed by atoms with Gasteiger partial charge in [0, 0.05) is 39.8 Å². The molecule has 1 fully saturated rings. The number of aromatic hydroxyl groups is 1. The molecule has 6 heteroatoms. The summed E-state index contributed by atoms with van der Waals surface area (Å²) >= 11 is 0. The van der Waals surface area contributed by atoms with Gasteiger partial charge >= 0.3 is 0 Å². The molecule has 2 N–H and O–H groups in total. The van der Waals surface area contributed by atoms with Crippen LogP contribution in [0, 0.1) is 5.92 Å². The van der Waals surface area contributed by atoms with Crippen molar-refractivity contribution in [2.45, 2.75) is 13.5 Å². The Bertz CT molecular complexity index is 773. The fourth-order valence-electron chi connectivity index (χ4n) is 3.50. The number of phenols is 1. The zero-order chi connectivity index (χ0) is 20.5. The summed E-state index contributed by atoms with van der Waals surface area (Å²) in [4.78, 5) is 8.94. The van der Waals surface area contributed by atoms with Gasteiger partial charge in [0.25, 0.3) is 0 Å². The van der Waals surface area contributed by atoms with Gasteiger partial charge < -0.3 is 25.0 Å². The quantitative estimate of drug-likeness (QED) is 0.557. The molecule has 1 aliphatic rings. The molecule has 1 saturated heterocycles. The Hall–Kier alpha value is -2.73. The molecule has 1 heterocycles. The lowest BCUT2D eigenvalue weighted by molar-refractivity contribution is 0.0929. The molecule has 3 rings (SSSR count). The number of anilines is 1. The number of nitrogens with one attached hydrogen (secondary N) is 1. The lowest BCUT2D eigenvalue weighted by Crippen LogP contribution is -2.53. The van der Waals surface area contributed by atoms with Crippen molar-refractivity contribution in [3.8, 4) is 5.75 Å². The average molecular weight is 397 g/mol. The molecule has 2 aromatic rings. The molecule has 1 unspecified atom stereocenters. The first-order valence-corrected chi connectivity index (χ1v) is 10.3. The minimum Gasteiger partial charge on any atom is -0.506 e. The predicted molar refractivity (Wildman–Crippen MR) is 119 cm³/mol. The van der Waals surface area contributed by atoms with E-state index in [0.29, 0.717) is 24.9 Å². The second-order valence-electron chi connectivity index (χ2n) is 7.50. The zero-order valence-corrected chi connectivity index (χ0v) is 17.4. The summed E-state index contributed by atoms with van der Waals surface area (Å²) in [7, 11) is 1.83. The number of rotatable bonds is 7. The molecular weight excluding hydrogens is 364 g/mol. The standard InChI is InChI=1S/C23H32N4O2/c1-19(17-29-18-20-8-4-3-5-9-20)16-25-23(24-2)27-14-12-26(13-15-27)21-10-6-7-11-22(21)28/h3-11,19,28H,12-18H2,1-2H3,(H,24,25). The zero-order valence-electron chi connectivity index (χ0n) is 17.4. The van der Waals surface area contributed by atoms with Crippen molar-refractivity contribution in [2.75, 3.05) is 51.3 Å². The van der Waals surface area contributed by atoms with Crippen LogP contribution in [0.3, 0.4) is 0 Å². The summed E-state index contributed by atoms with van der Waals surface area (Å²) < 4.78 is 5.84. The number of benzene rings is 2. The average Bonchev–Trinajstić information content (AvgIpc) is 2.76. The van der Waals surface area contributed by atoms with Crippen LogP contribution in [0.4, 0.5) is 5.69 Å². The highest BCUT2D eigenvalue weighted by Crippen LogP contribution is 2.27. The van der Waals surface area contributed by atoms with Crippen molar-refractivity contribution in [3.05, 3.63) is 60.2 Å². The highest BCUT2D eigenvalue weighted by Gasteiger charge is 2.21. The van der Waals surface area contributed by atoms with Crippen LogP contribution in [0.1, 0.15) is 12.5 Å². The number of guanidine groups is 1. The Morgan fingerprint density at radius 1 is 1.07 bits per heavy atom. The first kappa shape index (κ1) is 21.0. The fraction of sp³-hybridized carbons (Fsp3) is 0.435. The van der Waals surface area contributed by atoms with E-state index >= 15 is 0 Å². The van der Waals surface area contributed by atoms with Crippen LogP contribution < -0.4 is 10.2 Å². The number of hydrogen-bond donors (Lipinski definition) is 2. The molecule has 29 heavy (non-hydrogen) atoms. The predicted octanol–water partition coefficient (Wildman–Crippen LogP) is 2.94. The number of aliphatic imine (C=N–C) groups is 1. The number of para-hydroxylation sites is 2.